The van der Waals surface area contributed by atoms with Crippen LogP contribution in [-0.4, -0.2) is 63.3 Å². The summed E-state index contributed by atoms with van der Waals surface area (Å²) in [7, 11) is 0. The van der Waals surface area contributed by atoms with Gasteiger partial charge in [-0.2, -0.15) is 0 Å². The number of piperidine rings is 1. The van der Waals surface area contributed by atoms with E-state index in [0.29, 0.717) is 35.6 Å². The van der Waals surface area contributed by atoms with Crippen LogP contribution in [0.15, 0.2) is 25.0 Å². The number of alkyl halides is 2. The van der Waals surface area contributed by atoms with Gasteiger partial charge in [0.1, 0.15) is 11.3 Å². The molecule has 10 heteroatoms. The van der Waals surface area contributed by atoms with Crippen LogP contribution >= 0.6 is 0 Å². The molecule has 2 fully saturated rings. The van der Waals surface area contributed by atoms with Crippen molar-refractivity contribution in [2.24, 2.45) is 11.8 Å². The first-order valence-electron chi connectivity index (χ1n) is 10.4. The quantitative estimate of drug-likeness (QED) is 0.609. The Kier molecular flexibility index (Phi) is 5.63. The first-order chi connectivity index (χ1) is 14.8. The van der Waals surface area contributed by atoms with E-state index < -0.39 is 5.92 Å². The van der Waals surface area contributed by atoms with E-state index in [-0.39, 0.29) is 49.1 Å². The molecule has 166 valence electrons. The zero-order valence-electron chi connectivity index (χ0n) is 17.3. The van der Waals surface area contributed by atoms with Crippen molar-refractivity contribution in [1.82, 2.24) is 25.2 Å². The molecule has 2 aromatic heterocycles. The predicted octanol–water partition coefficient (Wildman–Crippen LogP) is 2.57. The van der Waals surface area contributed by atoms with Crippen LogP contribution < -0.4 is 10.6 Å². The number of amides is 2. The van der Waals surface area contributed by atoms with E-state index >= 15 is 0 Å². The molecule has 1 saturated carbocycles. The molecule has 3 heterocycles. The van der Waals surface area contributed by atoms with E-state index in [2.05, 4.69) is 39.1 Å². The van der Waals surface area contributed by atoms with Gasteiger partial charge in [-0.05, 0) is 24.3 Å². The number of H-pyrrole nitrogens is 1. The number of carbonyl (C=O) groups excluding carboxylic acids is 2. The molecule has 2 aromatic rings. The summed E-state index contributed by atoms with van der Waals surface area (Å²) in [6.45, 7) is 7.06. The van der Waals surface area contributed by atoms with Gasteiger partial charge in [0.2, 0.25) is 11.8 Å². The van der Waals surface area contributed by atoms with Gasteiger partial charge in [0, 0.05) is 44.7 Å². The lowest BCUT2D eigenvalue weighted by Gasteiger charge is -2.37. The lowest BCUT2D eigenvalue weighted by atomic mass is 9.81. The Morgan fingerprint density at radius 3 is 2.87 bits per heavy atom. The van der Waals surface area contributed by atoms with Crippen LogP contribution in [-0.2, 0) is 4.79 Å². The Balaban J connectivity index is 1.40. The normalized spacial score (nSPS) is 23.3. The first kappa shape index (κ1) is 21.2. The summed E-state index contributed by atoms with van der Waals surface area (Å²) in [5.74, 6) is -2.50. The number of likely N-dealkylation sites (tertiary alicyclic amines) is 1. The number of halogens is 2. The predicted molar refractivity (Wildman–Crippen MR) is 112 cm³/mol. The Hall–Kier alpha value is -3.04. The van der Waals surface area contributed by atoms with Crippen LogP contribution in [0.4, 0.5) is 14.6 Å². The van der Waals surface area contributed by atoms with Crippen LogP contribution in [0.5, 0.6) is 0 Å². The number of aromatic amines is 1. The summed E-state index contributed by atoms with van der Waals surface area (Å²) in [4.78, 5) is 38.0. The molecular weight excluding hydrogens is 406 g/mol. The zero-order valence-corrected chi connectivity index (χ0v) is 17.3. The van der Waals surface area contributed by atoms with E-state index in [1.807, 2.05) is 0 Å². The van der Waals surface area contributed by atoms with Gasteiger partial charge < -0.3 is 20.5 Å². The lowest BCUT2D eigenvalue weighted by molar-refractivity contribution is -0.127. The van der Waals surface area contributed by atoms with Crippen LogP contribution in [0.3, 0.4) is 0 Å². The molecule has 1 saturated heterocycles. The minimum Gasteiger partial charge on any atom is -0.366 e. The molecule has 8 nitrogen and oxygen atoms in total. The van der Waals surface area contributed by atoms with Crippen molar-refractivity contribution < 1.29 is 18.4 Å². The standard InChI is InChI=1S/C21H26F2N6O2/c1-3-17(30)29-5-4-15(12(2)11-29)27-16-10-25-19-18(28-16)14(9-24-19)20(31)26-8-13-6-21(22,23)7-13/h3,9-10,12-13,15H,1,4-8,11H2,2H3,(H,24,25)(H,26,31)(H,27,28). The number of hydrogen-bond acceptors (Lipinski definition) is 5. The Bertz CT molecular complexity index is 999. The minimum atomic E-state index is -2.60. The fourth-order valence-corrected chi connectivity index (χ4v) is 4.27. The second kappa shape index (κ2) is 8.24. The van der Waals surface area contributed by atoms with E-state index in [9.17, 15) is 18.4 Å². The van der Waals surface area contributed by atoms with Crippen LogP contribution in [0, 0.1) is 11.8 Å². The van der Waals surface area contributed by atoms with Gasteiger partial charge in [0.15, 0.2) is 5.65 Å². The average molecular weight is 432 g/mol. The summed E-state index contributed by atoms with van der Waals surface area (Å²) in [6, 6.07) is 0.108. The molecule has 31 heavy (non-hydrogen) atoms. The van der Waals surface area contributed by atoms with E-state index in [4.69, 9.17) is 0 Å². The van der Waals surface area contributed by atoms with Crippen molar-refractivity contribution in [2.75, 3.05) is 25.0 Å². The highest BCUT2D eigenvalue weighted by atomic mass is 19.3. The van der Waals surface area contributed by atoms with Gasteiger partial charge in [-0.25, -0.2) is 18.7 Å². The number of anilines is 1. The number of fused-ring (bicyclic) bond motifs is 1. The van der Waals surface area contributed by atoms with Crippen molar-refractivity contribution in [3.05, 3.63) is 30.6 Å². The maximum absolute atomic E-state index is 13.0. The zero-order chi connectivity index (χ0) is 22.2. The van der Waals surface area contributed by atoms with Gasteiger partial charge in [-0.3, -0.25) is 9.59 Å². The van der Waals surface area contributed by atoms with Crippen molar-refractivity contribution in [1.29, 1.82) is 0 Å². The third-order valence-corrected chi connectivity index (χ3v) is 6.08. The molecule has 4 rings (SSSR count). The Morgan fingerprint density at radius 1 is 1.42 bits per heavy atom. The molecule has 0 bridgehead atoms. The van der Waals surface area contributed by atoms with Gasteiger partial charge in [0.05, 0.1) is 11.8 Å². The molecule has 0 radical (unpaired) electrons. The van der Waals surface area contributed by atoms with Crippen molar-refractivity contribution in [3.8, 4) is 0 Å². The maximum atomic E-state index is 13.0. The molecule has 0 aromatic carbocycles. The monoisotopic (exact) mass is 432 g/mol. The fourth-order valence-electron chi connectivity index (χ4n) is 4.27. The molecule has 2 amide bonds. The Morgan fingerprint density at radius 2 is 2.19 bits per heavy atom. The second-order valence-corrected chi connectivity index (χ2v) is 8.50. The third-order valence-electron chi connectivity index (χ3n) is 6.08. The number of nitrogens with one attached hydrogen (secondary N) is 3. The number of rotatable bonds is 6. The lowest BCUT2D eigenvalue weighted by Crippen LogP contribution is -2.47. The van der Waals surface area contributed by atoms with E-state index in [1.54, 1.807) is 11.1 Å². The van der Waals surface area contributed by atoms with Gasteiger partial charge in [-0.1, -0.05) is 13.5 Å². The van der Waals surface area contributed by atoms with Gasteiger partial charge in [0.25, 0.3) is 5.91 Å². The average Bonchev–Trinajstić information content (AvgIpc) is 3.14. The van der Waals surface area contributed by atoms with Gasteiger partial charge in [-0.15, -0.1) is 0 Å². The van der Waals surface area contributed by atoms with Crippen LogP contribution in [0.25, 0.3) is 11.2 Å². The topological polar surface area (TPSA) is 103 Å². The summed E-state index contributed by atoms with van der Waals surface area (Å²) >= 11 is 0. The van der Waals surface area contributed by atoms with Crippen molar-refractivity contribution in [2.45, 2.75) is 38.2 Å². The van der Waals surface area contributed by atoms with Crippen molar-refractivity contribution >= 4 is 28.8 Å². The molecule has 1 aliphatic heterocycles. The highest BCUT2D eigenvalue weighted by Gasteiger charge is 2.45. The molecule has 2 aliphatic rings. The smallest absolute Gasteiger partial charge is 0.255 e. The van der Waals surface area contributed by atoms with E-state index in [0.717, 1.165) is 6.42 Å². The molecule has 1 aliphatic carbocycles. The summed E-state index contributed by atoms with van der Waals surface area (Å²) < 4.78 is 25.9. The molecule has 2 atom stereocenters. The third kappa shape index (κ3) is 4.52. The highest BCUT2D eigenvalue weighted by Crippen LogP contribution is 2.41. The summed E-state index contributed by atoms with van der Waals surface area (Å²) in [5.41, 5.74) is 1.23. The second-order valence-electron chi connectivity index (χ2n) is 8.50. The SMILES string of the molecule is C=CC(=O)N1CCC(Nc2cnc3[nH]cc(C(=O)NCC4CC(F)(F)C4)c3n2)C(C)C1. The first-order valence-corrected chi connectivity index (χ1v) is 10.4. The maximum Gasteiger partial charge on any atom is 0.255 e. The van der Waals surface area contributed by atoms with Crippen molar-refractivity contribution in [3.63, 3.8) is 0 Å². The molecule has 0 spiro atoms. The number of aromatic nitrogens is 3. The molecule has 2 unspecified atom stereocenters. The fraction of sp³-hybridized carbons (Fsp3) is 0.524. The van der Waals surface area contributed by atoms with Gasteiger partial charge >= 0.3 is 0 Å². The number of carbonyl (C=O) groups is 2. The van der Waals surface area contributed by atoms with E-state index in [1.165, 1.54) is 12.3 Å². The minimum absolute atomic E-state index is 0.0693. The van der Waals surface area contributed by atoms with Crippen LogP contribution in [0.2, 0.25) is 0 Å². The summed E-state index contributed by atoms with van der Waals surface area (Å²) in [5, 5.41) is 6.09. The summed E-state index contributed by atoms with van der Waals surface area (Å²) in [6.07, 6.45) is 4.84. The Labute approximate surface area is 178 Å². The number of hydrogen-bond donors (Lipinski definition) is 3. The van der Waals surface area contributed by atoms with Crippen LogP contribution in [0.1, 0.15) is 36.5 Å². The largest absolute Gasteiger partial charge is 0.366 e. The molecule has 3 N–H and O–H groups in total. The number of nitrogens with zero attached hydrogens (tertiary/aromatic N) is 3. The molecular formula is C21H26F2N6O2. The highest BCUT2D eigenvalue weighted by molar-refractivity contribution is 6.04.